The van der Waals surface area contributed by atoms with Crippen molar-refractivity contribution >= 4 is 5.97 Å². The van der Waals surface area contributed by atoms with Crippen molar-refractivity contribution in [1.29, 1.82) is 0 Å². The smallest absolute Gasteiger partial charge is 0.475 e. The molecule has 1 aromatic rings. The number of hydrogen-bond donors (Lipinski definition) is 2. The minimum atomic E-state index is -5.08. The molecular weight excluding hydrogens is 295 g/mol. The quantitative estimate of drug-likeness (QED) is 0.876. The summed E-state index contributed by atoms with van der Waals surface area (Å²) in [7, 11) is 1.61. The molecule has 1 aliphatic heterocycles. The third-order valence-electron chi connectivity index (χ3n) is 2.60. The number of hydrogen-bond acceptors (Lipinski definition) is 6. The van der Waals surface area contributed by atoms with Gasteiger partial charge in [-0.15, -0.1) is 10.2 Å². The van der Waals surface area contributed by atoms with Crippen LogP contribution >= 0.6 is 0 Å². The van der Waals surface area contributed by atoms with Crippen LogP contribution in [0.3, 0.4) is 0 Å². The van der Waals surface area contributed by atoms with E-state index in [1.54, 1.807) is 7.11 Å². The number of piperidine rings is 1. The molecule has 0 radical (unpaired) electrons. The largest absolute Gasteiger partial charge is 0.490 e. The lowest BCUT2D eigenvalue weighted by Crippen LogP contribution is -2.26. The fourth-order valence-corrected chi connectivity index (χ4v) is 1.65. The van der Waals surface area contributed by atoms with E-state index in [0.717, 1.165) is 13.0 Å². The van der Waals surface area contributed by atoms with Crippen LogP contribution in [0, 0.1) is 0 Å². The van der Waals surface area contributed by atoms with Gasteiger partial charge in [0.05, 0.1) is 6.04 Å². The Labute approximate surface area is 118 Å². The molecule has 10 heteroatoms. The Morgan fingerprint density at radius 1 is 1.48 bits per heavy atom. The second-order valence-electron chi connectivity index (χ2n) is 4.27. The van der Waals surface area contributed by atoms with E-state index in [2.05, 4.69) is 15.5 Å². The minimum absolute atomic E-state index is 0.238. The zero-order valence-electron chi connectivity index (χ0n) is 11.3. The molecule has 7 nitrogen and oxygen atoms in total. The van der Waals surface area contributed by atoms with Crippen LogP contribution in [0.1, 0.15) is 37.1 Å². The van der Waals surface area contributed by atoms with Gasteiger partial charge in [-0.1, -0.05) is 6.42 Å². The van der Waals surface area contributed by atoms with E-state index >= 15 is 0 Å². The van der Waals surface area contributed by atoms with Crippen LogP contribution in [0.2, 0.25) is 0 Å². The predicted octanol–water partition coefficient (Wildman–Crippen LogP) is 1.66. The van der Waals surface area contributed by atoms with Crippen LogP contribution in [0.4, 0.5) is 13.2 Å². The highest BCUT2D eigenvalue weighted by atomic mass is 19.4. The fourth-order valence-electron chi connectivity index (χ4n) is 1.65. The average molecular weight is 311 g/mol. The van der Waals surface area contributed by atoms with Gasteiger partial charge in [-0.2, -0.15) is 13.2 Å². The second kappa shape index (κ2) is 7.93. The van der Waals surface area contributed by atoms with Crippen molar-refractivity contribution in [1.82, 2.24) is 15.5 Å². The molecule has 2 N–H and O–H groups in total. The van der Waals surface area contributed by atoms with Gasteiger partial charge < -0.3 is 19.6 Å². The number of methoxy groups -OCH3 is 1. The van der Waals surface area contributed by atoms with Crippen LogP contribution in [0.5, 0.6) is 0 Å². The number of carbonyl (C=O) groups is 1. The number of rotatable bonds is 3. The highest BCUT2D eigenvalue weighted by molar-refractivity contribution is 5.73. The number of alkyl halides is 3. The topological polar surface area (TPSA) is 97.5 Å². The van der Waals surface area contributed by atoms with Crippen molar-refractivity contribution in [2.45, 2.75) is 38.1 Å². The van der Waals surface area contributed by atoms with Crippen LogP contribution < -0.4 is 5.32 Å². The summed E-state index contributed by atoms with van der Waals surface area (Å²) in [4.78, 5) is 8.90. The molecule has 1 unspecified atom stereocenters. The van der Waals surface area contributed by atoms with E-state index in [9.17, 15) is 13.2 Å². The first-order valence-electron chi connectivity index (χ1n) is 6.19. The van der Waals surface area contributed by atoms with Crippen molar-refractivity contribution in [2.75, 3.05) is 13.7 Å². The normalized spacial score (nSPS) is 18.8. The summed E-state index contributed by atoms with van der Waals surface area (Å²) in [6, 6.07) is 0.238. The average Bonchev–Trinajstić information content (AvgIpc) is 2.88. The summed E-state index contributed by atoms with van der Waals surface area (Å²) < 4.78 is 42.1. The van der Waals surface area contributed by atoms with Gasteiger partial charge in [0.2, 0.25) is 11.8 Å². The van der Waals surface area contributed by atoms with E-state index in [1.807, 2.05) is 0 Å². The molecule has 1 atom stereocenters. The number of halogens is 3. The van der Waals surface area contributed by atoms with E-state index in [-0.39, 0.29) is 6.04 Å². The zero-order chi connectivity index (χ0) is 15.9. The van der Waals surface area contributed by atoms with Crippen molar-refractivity contribution in [2.24, 2.45) is 0 Å². The molecule has 0 amide bonds. The van der Waals surface area contributed by atoms with Crippen molar-refractivity contribution in [3.8, 4) is 0 Å². The first kappa shape index (κ1) is 17.4. The van der Waals surface area contributed by atoms with Crippen molar-refractivity contribution < 1.29 is 32.2 Å². The van der Waals surface area contributed by atoms with Gasteiger partial charge in [-0.05, 0) is 19.4 Å². The van der Waals surface area contributed by atoms with Crippen molar-refractivity contribution in [3.63, 3.8) is 0 Å². The number of nitrogens with one attached hydrogen (secondary N) is 1. The third-order valence-corrected chi connectivity index (χ3v) is 2.60. The number of carboxylic acids is 1. The molecule has 120 valence electrons. The molecule has 0 bridgehead atoms. The van der Waals surface area contributed by atoms with E-state index in [4.69, 9.17) is 19.1 Å². The Balaban J connectivity index is 0.000000270. The molecule has 21 heavy (non-hydrogen) atoms. The molecular formula is C11H16F3N3O4. The van der Waals surface area contributed by atoms with E-state index in [0.29, 0.717) is 18.4 Å². The summed E-state index contributed by atoms with van der Waals surface area (Å²) in [5.41, 5.74) is 0. The molecule has 0 saturated carbocycles. The molecule has 1 fully saturated rings. The van der Waals surface area contributed by atoms with Gasteiger partial charge in [0, 0.05) is 7.11 Å². The minimum Gasteiger partial charge on any atom is -0.475 e. The summed E-state index contributed by atoms with van der Waals surface area (Å²) in [6.07, 6.45) is -1.55. The lowest BCUT2D eigenvalue weighted by atomic mass is 10.1. The molecule has 1 aromatic heterocycles. The summed E-state index contributed by atoms with van der Waals surface area (Å²) in [5, 5.41) is 18.4. The Morgan fingerprint density at radius 3 is 2.62 bits per heavy atom. The lowest BCUT2D eigenvalue weighted by molar-refractivity contribution is -0.192. The summed E-state index contributed by atoms with van der Waals surface area (Å²) >= 11 is 0. The highest BCUT2D eigenvalue weighted by Crippen LogP contribution is 2.21. The fraction of sp³-hybridized carbons (Fsp3) is 0.727. The highest BCUT2D eigenvalue weighted by Gasteiger charge is 2.38. The number of carboxylic acid groups (broad SMARTS) is 1. The number of aliphatic carboxylic acids is 1. The molecule has 2 rings (SSSR count). The molecule has 1 aliphatic rings. The van der Waals surface area contributed by atoms with Gasteiger partial charge in [0.1, 0.15) is 6.61 Å². The van der Waals surface area contributed by atoms with Gasteiger partial charge in [0.15, 0.2) is 0 Å². The standard InChI is InChI=1S/C9H15N3O2.C2HF3O2/c1-13-6-8-11-12-9(14-8)7-4-2-3-5-10-7;3-2(4,5)1(6)7/h7,10H,2-6H2,1H3;(H,6,7). The Morgan fingerprint density at radius 2 is 2.14 bits per heavy atom. The SMILES string of the molecule is COCc1nnc(C2CCCCN2)o1.O=C(O)C(F)(F)F. The van der Waals surface area contributed by atoms with E-state index < -0.39 is 12.1 Å². The first-order valence-corrected chi connectivity index (χ1v) is 6.19. The maximum absolute atomic E-state index is 10.6. The van der Waals surface area contributed by atoms with Crippen LogP contribution in [-0.2, 0) is 16.1 Å². The Hall–Kier alpha value is -1.68. The summed E-state index contributed by atoms with van der Waals surface area (Å²) in [5.74, 6) is -1.51. The first-order chi connectivity index (χ1) is 9.84. The Bertz CT molecular complexity index is 444. The van der Waals surface area contributed by atoms with Gasteiger partial charge >= 0.3 is 12.1 Å². The second-order valence-corrected chi connectivity index (χ2v) is 4.27. The summed E-state index contributed by atoms with van der Waals surface area (Å²) in [6.45, 7) is 1.42. The number of nitrogens with zero attached hydrogens (tertiary/aromatic N) is 2. The maximum Gasteiger partial charge on any atom is 0.490 e. The monoisotopic (exact) mass is 311 g/mol. The predicted molar refractivity (Wildman–Crippen MR) is 63.3 cm³/mol. The third kappa shape index (κ3) is 6.08. The number of aromatic nitrogens is 2. The van der Waals surface area contributed by atoms with Crippen LogP contribution in [0.25, 0.3) is 0 Å². The Kier molecular flexibility index (Phi) is 6.56. The molecule has 0 aromatic carbocycles. The molecule has 2 heterocycles. The lowest BCUT2D eigenvalue weighted by Gasteiger charge is -2.19. The maximum atomic E-state index is 10.6. The van der Waals surface area contributed by atoms with E-state index in [1.165, 1.54) is 12.8 Å². The van der Waals surface area contributed by atoms with Gasteiger partial charge in [-0.3, -0.25) is 0 Å². The van der Waals surface area contributed by atoms with Gasteiger partial charge in [0.25, 0.3) is 0 Å². The zero-order valence-corrected chi connectivity index (χ0v) is 11.3. The molecule has 0 spiro atoms. The van der Waals surface area contributed by atoms with Crippen LogP contribution in [0.15, 0.2) is 4.42 Å². The van der Waals surface area contributed by atoms with Crippen LogP contribution in [-0.4, -0.2) is 41.1 Å². The van der Waals surface area contributed by atoms with Crippen molar-refractivity contribution in [3.05, 3.63) is 11.8 Å². The van der Waals surface area contributed by atoms with Gasteiger partial charge in [-0.25, -0.2) is 4.79 Å². The number of ether oxygens (including phenoxy) is 1. The molecule has 1 saturated heterocycles. The molecule has 0 aliphatic carbocycles.